The van der Waals surface area contributed by atoms with Gasteiger partial charge in [0.1, 0.15) is 0 Å². The summed E-state index contributed by atoms with van der Waals surface area (Å²) < 4.78 is 2.72. The van der Waals surface area contributed by atoms with Gasteiger partial charge in [-0.25, -0.2) is 0 Å². The fourth-order valence-electron chi connectivity index (χ4n) is 7.73. The Morgan fingerprint density at radius 2 is 0.756 bits per heavy atom. The maximum Gasteiger partial charge on any atom is 0.0440 e. The van der Waals surface area contributed by atoms with Crippen molar-refractivity contribution in [3.63, 3.8) is 0 Å². The highest BCUT2D eigenvalue weighted by molar-refractivity contribution is 7.26. The molecular formula is C44H26S. The van der Waals surface area contributed by atoms with E-state index in [4.69, 9.17) is 0 Å². The lowest BCUT2D eigenvalue weighted by molar-refractivity contribution is 1.66. The van der Waals surface area contributed by atoms with E-state index in [1.54, 1.807) is 0 Å². The Labute approximate surface area is 264 Å². The first kappa shape index (κ1) is 24.9. The molecule has 1 aromatic heterocycles. The molecule has 0 bridgehead atoms. The fourth-order valence-corrected chi connectivity index (χ4v) is 8.99. The van der Waals surface area contributed by atoms with Crippen molar-refractivity contribution in [1.29, 1.82) is 0 Å². The Kier molecular flexibility index (Phi) is 5.25. The highest BCUT2D eigenvalue weighted by atomic mass is 32.1. The molecule has 10 rings (SSSR count). The van der Waals surface area contributed by atoms with Crippen LogP contribution in [0.25, 0.3) is 96.3 Å². The van der Waals surface area contributed by atoms with Gasteiger partial charge >= 0.3 is 0 Å². The summed E-state index contributed by atoms with van der Waals surface area (Å²) in [4.78, 5) is 0. The van der Waals surface area contributed by atoms with Gasteiger partial charge in [0.15, 0.2) is 0 Å². The second kappa shape index (κ2) is 9.50. The fraction of sp³-hybridized carbons (Fsp3) is 0. The van der Waals surface area contributed by atoms with Crippen molar-refractivity contribution in [2.75, 3.05) is 0 Å². The van der Waals surface area contributed by atoms with E-state index in [-0.39, 0.29) is 0 Å². The molecule has 0 aliphatic heterocycles. The van der Waals surface area contributed by atoms with Gasteiger partial charge in [-0.05, 0) is 82.9 Å². The molecule has 0 atom stereocenters. The number of hydrogen-bond donors (Lipinski definition) is 0. The Morgan fingerprint density at radius 1 is 0.289 bits per heavy atom. The lowest BCUT2D eigenvalue weighted by Crippen LogP contribution is -1.91. The molecule has 1 heteroatoms. The van der Waals surface area contributed by atoms with E-state index in [2.05, 4.69) is 158 Å². The van der Waals surface area contributed by atoms with Crippen molar-refractivity contribution in [2.45, 2.75) is 0 Å². The van der Waals surface area contributed by atoms with Gasteiger partial charge in [0.05, 0.1) is 0 Å². The highest BCUT2D eigenvalue weighted by Gasteiger charge is 2.19. The zero-order valence-electron chi connectivity index (χ0n) is 24.4. The number of fused-ring (bicyclic) bond motifs is 12. The monoisotopic (exact) mass is 586 g/mol. The summed E-state index contributed by atoms with van der Waals surface area (Å²) in [5.41, 5.74) is 5.10. The van der Waals surface area contributed by atoms with Crippen LogP contribution in [0.5, 0.6) is 0 Å². The third kappa shape index (κ3) is 3.53. The van der Waals surface area contributed by atoms with Crippen LogP contribution >= 0.6 is 11.3 Å². The number of hydrogen-bond acceptors (Lipinski definition) is 1. The summed E-state index contributed by atoms with van der Waals surface area (Å²) in [7, 11) is 0. The Morgan fingerprint density at radius 3 is 1.42 bits per heavy atom. The molecule has 0 unspecified atom stereocenters. The van der Waals surface area contributed by atoms with E-state index in [0.29, 0.717) is 0 Å². The van der Waals surface area contributed by atoms with Gasteiger partial charge in [-0.1, -0.05) is 146 Å². The minimum atomic E-state index is 1.25. The average Bonchev–Trinajstić information content (AvgIpc) is 3.49. The number of benzene rings is 9. The quantitative estimate of drug-likeness (QED) is 0.140. The van der Waals surface area contributed by atoms with Crippen LogP contribution in [0.3, 0.4) is 0 Å². The van der Waals surface area contributed by atoms with Crippen molar-refractivity contribution >= 4 is 85.4 Å². The van der Waals surface area contributed by atoms with Crippen molar-refractivity contribution in [3.05, 3.63) is 158 Å². The first-order chi connectivity index (χ1) is 22.3. The maximum absolute atomic E-state index is 2.46. The molecule has 0 spiro atoms. The lowest BCUT2D eigenvalue weighted by atomic mass is 9.85. The molecule has 1 heterocycles. The van der Waals surface area contributed by atoms with Gasteiger partial charge in [0.25, 0.3) is 0 Å². The van der Waals surface area contributed by atoms with Crippen LogP contribution < -0.4 is 0 Å². The molecule has 0 amide bonds. The van der Waals surface area contributed by atoms with Crippen LogP contribution in [0.2, 0.25) is 0 Å². The predicted octanol–water partition coefficient (Wildman–Crippen LogP) is 13.2. The standard InChI is InChI=1S/C44H26S/c1-2-12-27(13-3-1)41-32-17-6-8-19-34(32)42(35-20-9-7-18-33(35)41)28-22-23-37-39(26-28)30-15-5-4-14-29(30)36-24-25-38-31-16-10-11-21-40(31)45-44(38)43(36)37/h1-26H. The summed E-state index contributed by atoms with van der Waals surface area (Å²) in [6, 6.07) is 58.3. The predicted molar refractivity (Wildman–Crippen MR) is 198 cm³/mol. The van der Waals surface area contributed by atoms with Crippen LogP contribution in [-0.2, 0) is 0 Å². The minimum Gasteiger partial charge on any atom is -0.135 e. The minimum absolute atomic E-state index is 1.25. The van der Waals surface area contributed by atoms with Gasteiger partial charge in [0, 0.05) is 25.6 Å². The average molecular weight is 587 g/mol. The molecule has 0 aliphatic carbocycles. The van der Waals surface area contributed by atoms with Gasteiger partial charge < -0.3 is 0 Å². The summed E-state index contributed by atoms with van der Waals surface area (Å²) >= 11 is 1.92. The van der Waals surface area contributed by atoms with Gasteiger partial charge in [-0.3, -0.25) is 0 Å². The van der Waals surface area contributed by atoms with Crippen LogP contribution in [0.1, 0.15) is 0 Å². The second-order valence-corrected chi connectivity index (χ2v) is 13.0. The zero-order valence-corrected chi connectivity index (χ0v) is 25.2. The van der Waals surface area contributed by atoms with Crippen LogP contribution in [0, 0.1) is 0 Å². The smallest absolute Gasteiger partial charge is 0.0440 e. The SMILES string of the molecule is c1ccc(-c2c3ccccc3c(-c3ccc4c(c3)c3ccccc3c3ccc5c6ccccc6sc5c34)c3ccccc23)cc1. The van der Waals surface area contributed by atoms with Crippen LogP contribution in [0.15, 0.2) is 158 Å². The summed E-state index contributed by atoms with van der Waals surface area (Å²) in [5.74, 6) is 0. The Balaban J connectivity index is 1.36. The molecule has 10 aromatic rings. The molecule has 0 saturated heterocycles. The van der Waals surface area contributed by atoms with Gasteiger partial charge in [0.2, 0.25) is 0 Å². The van der Waals surface area contributed by atoms with E-state index in [1.165, 1.54) is 96.3 Å². The Bertz CT molecular complexity index is 2740. The topological polar surface area (TPSA) is 0 Å². The van der Waals surface area contributed by atoms with Crippen molar-refractivity contribution in [2.24, 2.45) is 0 Å². The third-order valence-corrected chi connectivity index (χ3v) is 10.8. The molecular weight excluding hydrogens is 561 g/mol. The summed E-state index contributed by atoms with van der Waals surface area (Å²) in [6.07, 6.45) is 0. The van der Waals surface area contributed by atoms with Crippen molar-refractivity contribution in [1.82, 2.24) is 0 Å². The van der Waals surface area contributed by atoms with Crippen molar-refractivity contribution in [3.8, 4) is 22.3 Å². The van der Waals surface area contributed by atoms with Crippen LogP contribution in [0.4, 0.5) is 0 Å². The molecule has 208 valence electrons. The Hall–Kier alpha value is -5.50. The van der Waals surface area contributed by atoms with E-state index in [9.17, 15) is 0 Å². The zero-order chi connectivity index (χ0) is 29.5. The van der Waals surface area contributed by atoms with E-state index >= 15 is 0 Å². The normalized spacial score (nSPS) is 12.0. The van der Waals surface area contributed by atoms with E-state index in [1.807, 2.05) is 11.3 Å². The molecule has 9 aromatic carbocycles. The largest absolute Gasteiger partial charge is 0.135 e. The second-order valence-electron chi connectivity index (χ2n) is 12.0. The molecule has 45 heavy (non-hydrogen) atoms. The highest BCUT2D eigenvalue weighted by Crippen LogP contribution is 2.47. The third-order valence-electron chi connectivity index (χ3n) is 9.63. The first-order valence-electron chi connectivity index (χ1n) is 15.5. The molecule has 0 aliphatic rings. The lowest BCUT2D eigenvalue weighted by Gasteiger charge is -2.18. The summed E-state index contributed by atoms with van der Waals surface area (Å²) in [6.45, 7) is 0. The maximum atomic E-state index is 2.46. The molecule has 0 fully saturated rings. The molecule has 0 nitrogen and oxygen atoms in total. The number of thiophene rings is 1. The molecule has 0 radical (unpaired) electrons. The number of rotatable bonds is 2. The van der Waals surface area contributed by atoms with Crippen molar-refractivity contribution < 1.29 is 0 Å². The van der Waals surface area contributed by atoms with E-state index in [0.717, 1.165) is 0 Å². The first-order valence-corrected chi connectivity index (χ1v) is 16.3. The van der Waals surface area contributed by atoms with Crippen LogP contribution in [-0.4, -0.2) is 0 Å². The van der Waals surface area contributed by atoms with E-state index < -0.39 is 0 Å². The van der Waals surface area contributed by atoms with Gasteiger partial charge in [-0.2, -0.15) is 0 Å². The molecule has 0 saturated carbocycles. The van der Waals surface area contributed by atoms with Gasteiger partial charge in [-0.15, -0.1) is 11.3 Å². The molecule has 0 N–H and O–H groups in total. The summed E-state index contributed by atoms with van der Waals surface area (Å²) in [5, 5.41) is 15.8.